The first kappa shape index (κ1) is 26.8. The van der Waals surface area contributed by atoms with Crippen molar-refractivity contribution in [2.45, 2.75) is 23.8 Å². The van der Waals surface area contributed by atoms with Gasteiger partial charge in [-0.25, -0.2) is 8.42 Å². The highest BCUT2D eigenvalue weighted by molar-refractivity contribution is 7.89. The zero-order chi connectivity index (χ0) is 25.9. The molecule has 0 saturated carbocycles. The summed E-state index contributed by atoms with van der Waals surface area (Å²) in [5.41, 5.74) is 2.57. The SMILES string of the molecule is COC(=O)CCc1ccc(S(=O)(=O)N2CCN(c3ccc(Cl)cc3Cl)C(c3ccc(Cl)cc3)C2)cc1. The predicted octanol–water partition coefficient (Wildman–Crippen LogP) is 6.00. The summed E-state index contributed by atoms with van der Waals surface area (Å²) in [7, 11) is -2.41. The summed E-state index contributed by atoms with van der Waals surface area (Å²) in [6, 6.07) is 19.0. The van der Waals surface area contributed by atoms with Gasteiger partial charge in [-0.05, 0) is 60.0 Å². The van der Waals surface area contributed by atoms with Crippen LogP contribution in [0.25, 0.3) is 0 Å². The summed E-state index contributed by atoms with van der Waals surface area (Å²) in [5.74, 6) is -0.307. The molecule has 0 spiro atoms. The molecule has 0 aromatic heterocycles. The Hall–Kier alpha value is -2.29. The normalized spacial score (nSPS) is 16.7. The van der Waals surface area contributed by atoms with Gasteiger partial charge in [-0.3, -0.25) is 4.79 Å². The molecule has 3 aromatic rings. The summed E-state index contributed by atoms with van der Waals surface area (Å²) in [6.07, 6.45) is 0.715. The molecule has 1 unspecified atom stereocenters. The fourth-order valence-electron chi connectivity index (χ4n) is 4.27. The smallest absolute Gasteiger partial charge is 0.305 e. The fourth-order valence-corrected chi connectivity index (χ4v) is 6.36. The molecule has 0 bridgehead atoms. The van der Waals surface area contributed by atoms with Gasteiger partial charge in [-0.2, -0.15) is 4.31 Å². The number of hydrogen-bond acceptors (Lipinski definition) is 5. The van der Waals surface area contributed by atoms with Crippen molar-refractivity contribution in [1.29, 1.82) is 0 Å². The van der Waals surface area contributed by atoms with Gasteiger partial charge >= 0.3 is 5.97 Å². The lowest BCUT2D eigenvalue weighted by atomic mass is 10.0. The van der Waals surface area contributed by atoms with Crippen LogP contribution in [0.1, 0.15) is 23.6 Å². The van der Waals surface area contributed by atoms with Crippen LogP contribution in [0, 0.1) is 0 Å². The maximum absolute atomic E-state index is 13.6. The number of sulfonamides is 1. The summed E-state index contributed by atoms with van der Waals surface area (Å²) in [5, 5.41) is 1.63. The second-order valence-electron chi connectivity index (χ2n) is 8.44. The molecule has 190 valence electrons. The first-order valence-electron chi connectivity index (χ1n) is 11.3. The second-order valence-corrected chi connectivity index (χ2v) is 11.7. The Labute approximate surface area is 226 Å². The minimum atomic E-state index is -3.75. The van der Waals surface area contributed by atoms with Gasteiger partial charge < -0.3 is 9.64 Å². The highest BCUT2D eigenvalue weighted by Gasteiger charge is 2.36. The Morgan fingerprint density at radius 1 is 0.944 bits per heavy atom. The monoisotopic (exact) mass is 566 g/mol. The Morgan fingerprint density at radius 2 is 1.61 bits per heavy atom. The van der Waals surface area contributed by atoms with E-state index in [1.54, 1.807) is 48.5 Å². The number of piperazine rings is 1. The molecule has 0 aliphatic carbocycles. The summed E-state index contributed by atoms with van der Waals surface area (Å²) in [6.45, 7) is 0.952. The standard InChI is InChI=1S/C26H25Cl3N2O4S/c1-35-26(32)13-4-18-2-10-22(11-3-18)36(33,34)30-14-15-31(24-12-9-21(28)16-23(24)29)25(17-30)19-5-7-20(27)8-6-19/h2-3,5-12,16,25H,4,13-15,17H2,1H3. The summed E-state index contributed by atoms with van der Waals surface area (Å²) >= 11 is 18.7. The van der Waals surface area contributed by atoms with Gasteiger partial charge in [0.15, 0.2) is 0 Å². The number of carbonyl (C=O) groups is 1. The molecule has 3 aromatic carbocycles. The van der Waals surface area contributed by atoms with Gasteiger partial charge in [0, 0.05) is 36.1 Å². The molecule has 0 N–H and O–H groups in total. The van der Waals surface area contributed by atoms with E-state index in [2.05, 4.69) is 9.64 Å². The molecule has 1 heterocycles. The van der Waals surface area contributed by atoms with Crippen LogP contribution in [0.15, 0.2) is 71.6 Å². The number of ether oxygens (including phenoxy) is 1. The first-order valence-corrected chi connectivity index (χ1v) is 13.9. The number of methoxy groups -OCH3 is 1. The van der Waals surface area contributed by atoms with Crippen LogP contribution in [-0.2, 0) is 26.0 Å². The number of hydrogen-bond donors (Lipinski definition) is 0. The van der Waals surface area contributed by atoms with Gasteiger partial charge in [-0.15, -0.1) is 0 Å². The molecule has 1 saturated heterocycles. The molecule has 1 aliphatic heterocycles. The molecular formula is C26H25Cl3N2O4S. The predicted molar refractivity (Wildman–Crippen MR) is 144 cm³/mol. The molecule has 0 amide bonds. The van der Waals surface area contributed by atoms with E-state index in [4.69, 9.17) is 34.8 Å². The van der Waals surface area contributed by atoms with Crippen LogP contribution in [0.5, 0.6) is 0 Å². The third kappa shape index (κ3) is 5.98. The van der Waals surface area contributed by atoms with E-state index < -0.39 is 10.0 Å². The second kappa shape index (κ2) is 11.4. The van der Waals surface area contributed by atoms with Crippen LogP contribution >= 0.6 is 34.8 Å². The van der Waals surface area contributed by atoms with Crippen LogP contribution in [0.2, 0.25) is 15.1 Å². The third-order valence-electron chi connectivity index (χ3n) is 6.22. The van der Waals surface area contributed by atoms with Crippen LogP contribution in [0.3, 0.4) is 0 Å². The number of esters is 1. The average Bonchev–Trinajstić information content (AvgIpc) is 2.88. The largest absolute Gasteiger partial charge is 0.469 e. The van der Waals surface area contributed by atoms with Crippen molar-refractivity contribution in [1.82, 2.24) is 4.31 Å². The van der Waals surface area contributed by atoms with Gasteiger partial charge in [-0.1, -0.05) is 59.1 Å². The molecule has 0 radical (unpaired) electrons. The molecule has 1 aliphatic rings. The highest BCUT2D eigenvalue weighted by Crippen LogP contribution is 2.38. The quantitative estimate of drug-likeness (QED) is 0.327. The van der Waals surface area contributed by atoms with Crippen molar-refractivity contribution in [3.8, 4) is 0 Å². The molecule has 4 rings (SSSR count). The number of aryl methyl sites for hydroxylation is 1. The topological polar surface area (TPSA) is 66.9 Å². The van der Waals surface area contributed by atoms with Gasteiger partial charge in [0.1, 0.15) is 0 Å². The van der Waals surface area contributed by atoms with E-state index in [0.717, 1.165) is 16.8 Å². The fraction of sp³-hybridized carbons (Fsp3) is 0.269. The van der Waals surface area contributed by atoms with Gasteiger partial charge in [0.25, 0.3) is 0 Å². The Kier molecular flexibility index (Phi) is 8.48. The lowest BCUT2D eigenvalue weighted by Gasteiger charge is -2.42. The van der Waals surface area contributed by atoms with E-state index in [1.807, 2.05) is 18.2 Å². The van der Waals surface area contributed by atoms with Crippen LogP contribution in [-0.4, -0.2) is 45.4 Å². The maximum atomic E-state index is 13.6. The maximum Gasteiger partial charge on any atom is 0.305 e. The molecule has 1 fully saturated rings. The number of benzene rings is 3. The molecule has 36 heavy (non-hydrogen) atoms. The van der Waals surface area contributed by atoms with Gasteiger partial charge in [0.2, 0.25) is 10.0 Å². The van der Waals surface area contributed by atoms with E-state index in [9.17, 15) is 13.2 Å². The minimum Gasteiger partial charge on any atom is -0.469 e. The van der Waals surface area contributed by atoms with E-state index >= 15 is 0 Å². The minimum absolute atomic E-state index is 0.206. The Bertz CT molecular complexity index is 1330. The van der Waals surface area contributed by atoms with Crippen molar-refractivity contribution in [2.24, 2.45) is 0 Å². The number of nitrogens with zero attached hydrogens (tertiary/aromatic N) is 2. The highest BCUT2D eigenvalue weighted by atomic mass is 35.5. The van der Waals surface area contributed by atoms with Crippen LogP contribution in [0.4, 0.5) is 5.69 Å². The van der Waals surface area contributed by atoms with Crippen molar-refractivity contribution < 1.29 is 17.9 Å². The van der Waals surface area contributed by atoms with Crippen molar-refractivity contribution in [2.75, 3.05) is 31.6 Å². The van der Waals surface area contributed by atoms with E-state index in [0.29, 0.717) is 28.0 Å². The number of rotatable bonds is 7. The van der Waals surface area contributed by atoms with Crippen molar-refractivity contribution >= 4 is 56.5 Å². The lowest BCUT2D eigenvalue weighted by Crippen LogP contribution is -2.50. The summed E-state index contributed by atoms with van der Waals surface area (Å²) < 4.78 is 33.3. The number of halogens is 3. The third-order valence-corrected chi connectivity index (χ3v) is 8.89. The van der Waals surface area contributed by atoms with Gasteiger partial charge in [0.05, 0.1) is 28.8 Å². The zero-order valence-electron chi connectivity index (χ0n) is 19.5. The molecule has 10 heteroatoms. The average molecular weight is 568 g/mol. The van der Waals surface area contributed by atoms with E-state index in [-0.39, 0.29) is 36.4 Å². The van der Waals surface area contributed by atoms with E-state index in [1.165, 1.54) is 11.4 Å². The number of carbonyl (C=O) groups excluding carboxylic acids is 1. The van der Waals surface area contributed by atoms with Crippen molar-refractivity contribution in [3.05, 3.63) is 92.9 Å². The van der Waals surface area contributed by atoms with Crippen LogP contribution < -0.4 is 4.90 Å². The van der Waals surface area contributed by atoms with Crippen molar-refractivity contribution in [3.63, 3.8) is 0 Å². The molecule has 6 nitrogen and oxygen atoms in total. The first-order chi connectivity index (χ1) is 17.2. The Balaban J connectivity index is 1.60. The summed E-state index contributed by atoms with van der Waals surface area (Å²) in [4.78, 5) is 13.7. The zero-order valence-corrected chi connectivity index (χ0v) is 22.6. The lowest BCUT2D eigenvalue weighted by molar-refractivity contribution is -0.140. The number of anilines is 1. The molecule has 1 atom stereocenters. The Morgan fingerprint density at radius 3 is 2.25 bits per heavy atom. The molecular weight excluding hydrogens is 543 g/mol.